The summed E-state index contributed by atoms with van der Waals surface area (Å²) in [5, 5.41) is 13.6. The molecule has 3 nitrogen and oxygen atoms in total. The molecule has 1 aliphatic rings. The molecule has 2 rings (SSSR count). The van der Waals surface area contributed by atoms with Crippen molar-refractivity contribution < 1.29 is 5.11 Å². The van der Waals surface area contributed by atoms with Gasteiger partial charge in [-0.2, -0.15) is 0 Å². The van der Waals surface area contributed by atoms with Gasteiger partial charge in [0.15, 0.2) is 0 Å². The van der Waals surface area contributed by atoms with Gasteiger partial charge in [-0.1, -0.05) is 29.8 Å². The number of aliphatic hydroxyl groups excluding tert-OH is 1. The van der Waals surface area contributed by atoms with Crippen LogP contribution in [0, 0.1) is 5.92 Å². The van der Waals surface area contributed by atoms with E-state index < -0.39 is 0 Å². The highest BCUT2D eigenvalue weighted by molar-refractivity contribution is 9.10. The number of piperidine rings is 1. The van der Waals surface area contributed by atoms with Crippen molar-refractivity contribution in [1.82, 2.24) is 5.32 Å². The Morgan fingerprint density at radius 3 is 2.95 bits per heavy atom. The average molecular weight is 341 g/mol. The number of nitrogens with zero attached hydrogens (tertiary/aromatic N) is 1. The van der Waals surface area contributed by atoms with Gasteiger partial charge < -0.3 is 15.3 Å². The highest BCUT2D eigenvalue weighted by Crippen LogP contribution is 2.28. The minimum atomic E-state index is -0.219. The van der Waals surface area contributed by atoms with E-state index in [1.807, 2.05) is 0 Å². The van der Waals surface area contributed by atoms with Crippen molar-refractivity contribution in [3.05, 3.63) is 28.2 Å². The molecule has 0 saturated carbocycles. The van der Waals surface area contributed by atoms with Crippen LogP contribution in [0.4, 0.5) is 5.69 Å². The molecule has 0 aliphatic carbocycles. The number of hydrogen-bond donors (Lipinski definition) is 2. The van der Waals surface area contributed by atoms with Gasteiger partial charge in [0.05, 0.1) is 6.10 Å². The van der Waals surface area contributed by atoms with E-state index in [1.165, 1.54) is 11.3 Å². The smallest absolute Gasteiger partial charge is 0.0741 e. The van der Waals surface area contributed by atoms with Crippen molar-refractivity contribution in [2.24, 2.45) is 5.92 Å². The van der Waals surface area contributed by atoms with Gasteiger partial charge in [0.1, 0.15) is 0 Å². The number of benzene rings is 1. The Hall–Kier alpha value is -0.580. The molecule has 2 unspecified atom stereocenters. The molecule has 0 radical (unpaired) electrons. The zero-order valence-corrected chi connectivity index (χ0v) is 14.0. The van der Waals surface area contributed by atoms with Crippen LogP contribution in [0.15, 0.2) is 22.7 Å². The molecule has 112 valence electrons. The van der Waals surface area contributed by atoms with Gasteiger partial charge in [-0.3, -0.25) is 0 Å². The standard InChI is InChI=1S/C16H25BrN2O/c1-3-7-18-10-13-9-14(17)4-5-15(13)19-8-6-12(2)16(20)11-19/h4-5,9,12,16,18,20H,3,6-8,10-11H2,1-2H3. The molecule has 1 heterocycles. The Balaban J connectivity index is 2.13. The van der Waals surface area contributed by atoms with Crippen molar-refractivity contribution in [3.8, 4) is 0 Å². The minimum Gasteiger partial charge on any atom is -0.391 e. The lowest BCUT2D eigenvalue weighted by Crippen LogP contribution is -2.43. The van der Waals surface area contributed by atoms with Crippen LogP contribution in [0.25, 0.3) is 0 Å². The lowest BCUT2D eigenvalue weighted by molar-refractivity contribution is 0.103. The molecule has 0 aromatic heterocycles. The second-order valence-electron chi connectivity index (χ2n) is 5.73. The lowest BCUT2D eigenvalue weighted by atomic mass is 9.95. The fraction of sp³-hybridized carbons (Fsp3) is 0.625. The first kappa shape index (κ1) is 15.8. The summed E-state index contributed by atoms with van der Waals surface area (Å²) in [6.07, 6.45) is 1.98. The van der Waals surface area contributed by atoms with Crippen LogP contribution in [0.3, 0.4) is 0 Å². The van der Waals surface area contributed by atoms with E-state index in [0.717, 1.165) is 43.5 Å². The van der Waals surface area contributed by atoms with E-state index in [9.17, 15) is 5.11 Å². The Morgan fingerprint density at radius 2 is 2.25 bits per heavy atom. The molecule has 2 atom stereocenters. The van der Waals surface area contributed by atoms with E-state index in [-0.39, 0.29) is 6.10 Å². The van der Waals surface area contributed by atoms with E-state index in [1.54, 1.807) is 0 Å². The predicted molar refractivity (Wildman–Crippen MR) is 88.1 cm³/mol. The summed E-state index contributed by atoms with van der Waals surface area (Å²) in [7, 11) is 0. The van der Waals surface area contributed by atoms with Gasteiger partial charge in [-0.05, 0) is 49.1 Å². The number of nitrogens with one attached hydrogen (secondary N) is 1. The largest absolute Gasteiger partial charge is 0.391 e. The number of aliphatic hydroxyl groups is 1. The first-order valence-electron chi connectivity index (χ1n) is 7.54. The first-order chi connectivity index (χ1) is 9.61. The Kier molecular flexibility index (Phi) is 5.87. The molecule has 1 aromatic carbocycles. The van der Waals surface area contributed by atoms with Crippen LogP contribution in [-0.4, -0.2) is 30.8 Å². The van der Waals surface area contributed by atoms with E-state index >= 15 is 0 Å². The Labute approximate surface area is 130 Å². The molecular formula is C16H25BrN2O. The minimum absolute atomic E-state index is 0.219. The quantitative estimate of drug-likeness (QED) is 0.808. The molecule has 0 spiro atoms. The van der Waals surface area contributed by atoms with E-state index in [2.05, 4.69) is 58.2 Å². The summed E-state index contributed by atoms with van der Waals surface area (Å²) in [5.41, 5.74) is 2.55. The summed E-state index contributed by atoms with van der Waals surface area (Å²) in [6, 6.07) is 6.43. The van der Waals surface area contributed by atoms with E-state index in [4.69, 9.17) is 0 Å². The third-order valence-corrected chi connectivity index (χ3v) is 4.54. The number of β-amino-alcohol motifs (C(OH)–C–C–N with tert-alkyl or cyclic N) is 1. The zero-order chi connectivity index (χ0) is 14.5. The van der Waals surface area contributed by atoms with Crippen LogP contribution in [0.2, 0.25) is 0 Å². The molecule has 0 bridgehead atoms. The monoisotopic (exact) mass is 340 g/mol. The van der Waals surface area contributed by atoms with Crippen molar-refractivity contribution in [2.75, 3.05) is 24.5 Å². The molecule has 2 N–H and O–H groups in total. The number of rotatable bonds is 5. The summed E-state index contributed by atoms with van der Waals surface area (Å²) in [4.78, 5) is 2.32. The molecule has 1 fully saturated rings. The van der Waals surface area contributed by atoms with Gasteiger partial charge in [0.2, 0.25) is 0 Å². The topological polar surface area (TPSA) is 35.5 Å². The van der Waals surface area contributed by atoms with Gasteiger partial charge in [0, 0.05) is 29.8 Å². The summed E-state index contributed by atoms with van der Waals surface area (Å²) in [6.45, 7) is 7.99. The Morgan fingerprint density at radius 1 is 1.45 bits per heavy atom. The fourth-order valence-corrected chi connectivity index (χ4v) is 3.08. The van der Waals surface area contributed by atoms with Gasteiger partial charge >= 0.3 is 0 Å². The van der Waals surface area contributed by atoms with Crippen molar-refractivity contribution in [3.63, 3.8) is 0 Å². The maximum Gasteiger partial charge on any atom is 0.0741 e. The lowest BCUT2D eigenvalue weighted by Gasteiger charge is -2.37. The fourth-order valence-electron chi connectivity index (χ4n) is 2.67. The first-order valence-corrected chi connectivity index (χ1v) is 8.33. The van der Waals surface area contributed by atoms with Crippen molar-refractivity contribution in [2.45, 2.75) is 39.3 Å². The number of hydrogen-bond acceptors (Lipinski definition) is 3. The van der Waals surface area contributed by atoms with Crippen LogP contribution in [-0.2, 0) is 6.54 Å². The molecule has 1 aliphatic heterocycles. The van der Waals surface area contributed by atoms with Crippen molar-refractivity contribution >= 4 is 21.6 Å². The van der Waals surface area contributed by atoms with Gasteiger partial charge in [-0.15, -0.1) is 0 Å². The summed E-state index contributed by atoms with van der Waals surface area (Å²) in [5.74, 6) is 0.406. The third kappa shape index (κ3) is 3.96. The van der Waals surface area contributed by atoms with Crippen LogP contribution < -0.4 is 10.2 Å². The molecule has 20 heavy (non-hydrogen) atoms. The van der Waals surface area contributed by atoms with Crippen LogP contribution in [0.5, 0.6) is 0 Å². The number of halogens is 1. The van der Waals surface area contributed by atoms with E-state index in [0.29, 0.717) is 5.92 Å². The average Bonchev–Trinajstić information content (AvgIpc) is 2.43. The maximum absolute atomic E-state index is 10.1. The van der Waals surface area contributed by atoms with Crippen LogP contribution >= 0.6 is 15.9 Å². The molecular weight excluding hydrogens is 316 g/mol. The maximum atomic E-state index is 10.1. The highest BCUT2D eigenvalue weighted by atomic mass is 79.9. The summed E-state index contributed by atoms with van der Waals surface area (Å²) < 4.78 is 1.11. The highest BCUT2D eigenvalue weighted by Gasteiger charge is 2.25. The third-order valence-electron chi connectivity index (χ3n) is 4.04. The molecule has 1 saturated heterocycles. The second kappa shape index (κ2) is 7.43. The number of anilines is 1. The second-order valence-corrected chi connectivity index (χ2v) is 6.64. The van der Waals surface area contributed by atoms with Crippen molar-refractivity contribution in [1.29, 1.82) is 0 Å². The normalized spacial score (nSPS) is 23.1. The zero-order valence-electron chi connectivity index (χ0n) is 12.4. The predicted octanol–water partition coefficient (Wildman–Crippen LogP) is 3.16. The van der Waals surface area contributed by atoms with Crippen LogP contribution in [0.1, 0.15) is 32.3 Å². The van der Waals surface area contributed by atoms with Gasteiger partial charge in [0.25, 0.3) is 0 Å². The molecule has 4 heteroatoms. The Bertz CT molecular complexity index is 438. The van der Waals surface area contributed by atoms with Gasteiger partial charge in [-0.25, -0.2) is 0 Å². The summed E-state index contributed by atoms with van der Waals surface area (Å²) >= 11 is 3.56. The molecule has 0 amide bonds. The molecule has 1 aromatic rings. The SMILES string of the molecule is CCCNCc1cc(Br)ccc1N1CCC(C)C(O)C1.